The largest absolute Gasteiger partial charge is 0.492 e. The maximum atomic E-state index is 9.08. The molecule has 0 aromatic heterocycles. The van der Waals surface area contributed by atoms with Crippen LogP contribution in [0.3, 0.4) is 0 Å². The number of aryl methyl sites for hydroxylation is 1. The van der Waals surface area contributed by atoms with Gasteiger partial charge in [0.15, 0.2) is 0 Å². The molecule has 1 rings (SSSR count). The first-order valence-electron chi connectivity index (χ1n) is 4.64. The molecule has 0 heterocycles. The van der Waals surface area contributed by atoms with Crippen LogP contribution in [0.4, 0.5) is 0 Å². The van der Waals surface area contributed by atoms with Crippen molar-refractivity contribution in [3.8, 4) is 5.75 Å². The van der Waals surface area contributed by atoms with Gasteiger partial charge in [-0.1, -0.05) is 12.1 Å². The monoisotopic (exact) mass is 194 g/mol. The topological polar surface area (TPSA) is 49.7 Å². The maximum absolute atomic E-state index is 9.08. The molecule has 0 aliphatic rings. The summed E-state index contributed by atoms with van der Waals surface area (Å²) in [5, 5.41) is 18.2. The SMILES string of the molecule is Cc1ccc(B(O)O)c(OC(C)C)c1. The average Bonchev–Trinajstić information content (AvgIpc) is 2.01. The summed E-state index contributed by atoms with van der Waals surface area (Å²) >= 11 is 0. The molecule has 0 saturated carbocycles. The second-order valence-corrected chi connectivity index (χ2v) is 3.58. The predicted molar refractivity (Wildman–Crippen MR) is 56.8 cm³/mol. The Morgan fingerprint density at radius 3 is 2.43 bits per heavy atom. The highest BCUT2D eigenvalue weighted by molar-refractivity contribution is 6.59. The number of rotatable bonds is 3. The van der Waals surface area contributed by atoms with Crippen LogP contribution in [0.25, 0.3) is 0 Å². The molecule has 14 heavy (non-hydrogen) atoms. The third-order valence-electron chi connectivity index (χ3n) is 1.81. The molecule has 0 saturated heterocycles. The van der Waals surface area contributed by atoms with Gasteiger partial charge < -0.3 is 14.8 Å². The molecule has 0 fully saturated rings. The van der Waals surface area contributed by atoms with Gasteiger partial charge in [-0.05, 0) is 32.4 Å². The molecule has 3 nitrogen and oxygen atoms in total. The first kappa shape index (κ1) is 11.1. The summed E-state index contributed by atoms with van der Waals surface area (Å²) in [5.41, 5.74) is 1.44. The molecular formula is C10H15BO3. The first-order chi connectivity index (χ1) is 6.50. The summed E-state index contributed by atoms with van der Waals surface area (Å²) in [5.74, 6) is 0.537. The molecule has 0 atom stereocenters. The van der Waals surface area contributed by atoms with Crippen molar-refractivity contribution in [1.29, 1.82) is 0 Å². The lowest BCUT2D eigenvalue weighted by Crippen LogP contribution is -2.32. The maximum Gasteiger partial charge on any atom is 0.492 e. The number of benzene rings is 1. The van der Waals surface area contributed by atoms with Crippen molar-refractivity contribution in [3.05, 3.63) is 23.8 Å². The van der Waals surface area contributed by atoms with Gasteiger partial charge in [0.25, 0.3) is 0 Å². The molecule has 76 valence electrons. The van der Waals surface area contributed by atoms with E-state index in [1.807, 2.05) is 26.8 Å². The van der Waals surface area contributed by atoms with Crippen LogP contribution in [0.1, 0.15) is 19.4 Å². The van der Waals surface area contributed by atoms with Crippen LogP contribution >= 0.6 is 0 Å². The van der Waals surface area contributed by atoms with E-state index >= 15 is 0 Å². The van der Waals surface area contributed by atoms with Gasteiger partial charge in [-0.15, -0.1) is 0 Å². The lowest BCUT2D eigenvalue weighted by molar-refractivity contribution is 0.243. The molecule has 0 radical (unpaired) electrons. The van der Waals surface area contributed by atoms with Gasteiger partial charge in [0, 0.05) is 5.46 Å². The molecule has 4 heteroatoms. The highest BCUT2D eigenvalue weighted by Crippen LogP contribution is 2.12. The molecule has 0 aliphatic carbocycles. The third kappa shape index (κ3) is 2.75. The zero-order chi connectivity index (χ0) is 10.7. The van der Waals surface area contributed by atoms with Crippen molar-refractivity contribution in [2.24, 2.45) is 0 Å². The van der Waals surface area contributed by atoms with E-state index in [9.17, 15) is 0 Å². The van der Waals surface area contributed by atoms with E-state index in [4.69, 9.17) is 14.8 Å². The third-order valence-corrected chi connectivity index (χ3v) is 1.81. The van der Waals surface area contributed by atoms with Gasteiger partial charge >= 0.3 is 7.12 Å². The van der Waals surface area contributed by atoms with E-state index in [1.165, 1.54) is 0 Å². The van der Waals surface area contributed by atoms with E-state index in [1.54, 1.807) is 12.1 Å². The fourth-order valence-electron chi connectivity index (χ4n) is 1.21. The summed E-state index contributed by atoms with van der Waals surface area (Å²) in [6.07, 6.45) is 0.0225. The fourth-order valence-corrected chi connectivity index (χ4v) is 1.21. The minimum atomic E-state index is -1.48. The zero-order valence-electron chi connectivity index (χ0n) is 8.69. The van der Waals surface area contributed by atoms with Crippen molar-refractivity contribution in [2.45, 2.75) is 26.9 Å². The minimum absolute atomic E-state index is 0.0225. The average molecular weight is 194 g/mol. The van der Waals surface area contributed by atoms with Crippen LogP contribution in [0.15, 0.2) is 18.2 Å². The smallest absolute Gasteiger partial charge is 0.491 e. The summed E-state index contributed by atoms with van der Waals surface area (Å²) in [6, 6.07) is 5.29. The van der Waals surface area contributed by atoms with Gasteiger partial charge in [0.2, 0.25) is 0 Å². The van der Waals surface area contributed by atoms with Crippen LogP contribution in [0.5, 0.6) is 5.75 Å². The van der Waals surface area contributed by atoms with E-state index in [0.29, 0.717) is 11.2 Å². The van der Waals surface area contributed by atoms with Crippen LogP contribution in [-0.4, -0.2) is 23.3 Å². The Morgan fingerprint density at radius 1 is 1.29 bits per heavy atom. The Balaban J connectivity index is 3.03. The molecule has 0 spiro atoms. The Labute approximate surface area is 84.5 Å². The van der Waals surface area contributed by atoms with Crippen LogP contribution in [0, 0.1) is 6.92 Å². The molecule has 1 aromatic rings. The predicted octanol–water partition coefficient (Wildman–Crippen LogP) is 0.462. The molecule has 0 aliphatic heterocycles. The quantitative estimate of drug-likeness (QED) is 0.687. The van der Waals surface area contributed by atoms with E-state index < -0.39 is 7.12 Å². The van der Waals surface area contributed by atoms with Gasteiger partial charge in [-0.25, -0.2) is 0 Å². The van der Waals surface area contributed by atoms with E-state index in [0.717, 1.165) is 5.56 Å². The lowest BCUT2D eigenvalue weighted by Gasteiger charge is -2.14. The van der Waals surface area contributed by atoms with Gasteiger partial charge in [-0.2, -0.15) is 0 Å². The summed E-state index contributed by atoms with van der Waals surface area (Å²) < 4.78 is 5.47. The van der Waals surface area contributed by atoms with Crippen molar-refractivity contribution >= 4 is 12.6 Å². The number of ether oxygens (including phenoxy) is 1. The summed E-state index contributed by atoms with van der Waals surface area (Å²) in [4.78, 5) is 0. The van der Waals surface area contributed by atoms with Crippen molar-refractivity contribution in [1.82, 2.24) is 0 Å². The molecule has 0 bridgehead atoms. The Bertz CT molecular complexity index is 310. The highest BCUT2D eigenvalue weighted by Gasteiger charge is 2.17. The number of hydrogen-bond acceptors (Lipinski definition) is 3. The Hall–Kier alpha value is -0.995. The van der Waals surface area contributed by atoms with Crippen molar-refractivity contribution in [2.75, 3.05) is 0 Å². The summed E-state index contributed by atoms with van der Waals surface area (Å²) in [6.45, 7) is 5.73. The Morgan fingerprint density at radius 2 is 1.93 bits per heavy atom. The lowest BCUT2D eigenvalue weighted by atomic mass is 9.79. The zero-order valence-corrected chi connectivity index (χ0v) is 8.69. The fraction of sp³-hybridized carbons (Fsp3) is 0.400. The molecule has 0 unspecified atom stereocenters. The Kier molecular flexibility index (Phi) is 3.55. The van der Waals surface area contributed by atoms with Gasteiger partial charge in [0.1, 0.15) is 5.75 Å². The van der Waals surface area contributed by atoms with Gasteiger partial charge in [0.05, 0.1) is 6.10 Å². The molecular weight excluding hydrogens is 179 g/mol. The van der Waals surface area contributed by atoms with Crippen LogP contribution in [0.2, 0.25) is 0 Å². The van der Waals surface area contributed by atoms with Crippen LogP contribution < -0.4 is 10.2 Å². The highest BCUT2D eigenvalue weighted by atomic mass is 16.5. The summed E-state index contributed by atoms with van der Waals surface area (Å²) in [7, 11) is -1.48. The van der Waals surface area contributed by atoms with Crippen molar-refractivity contribution in [3.63, 3.8) is 0 Å². The second-order valence-electron chi connectivity index (χ2n) is 3.58. The van der Waals surface area contributed by atoms with Gasteiger partial charge in [-0.3, -0.25) is 0 Å². The second kappa shape index (κ2) is 4.48. The molecule has 2 N–H and O–H groups in total. The van der Waals surface area contributed by atoms with E-state index in [2.05, 4.69) is 0 Å². The minimum Gasteiger partial charge on any atom is -0.491 e. The first-order valence-corrected chi connectivity index (χ1v) is 4.64. The number of hydrogen-bond donors (Lipinski definition) is 2. The molecule has 0 amide bonds. The van der Waals surface area contributed by atoms with Crippen molar-refractivity contribution < 1.29 is 14.8 Å². The van der Waals surface area contributed by atoms with E-state index in [-0.39, 0.29) is 6.10 Å². The normalized spacial score (nSPS) is 10.4. The standard InChI is InChI=1S/C10H15BO3/c1-7(2)14-10-6-8(3)4-5-9(10)11(12)13/h4-7,12-13H,1-3H3. The van der Waals surface area contributed by atoms with Crippen LogP contribution in [-0.2, 0) is 0 Å². The molecule has 1 aromatic carbocycles.